The van der Waals surface area contributed by atoms with E-state index < -0.39 is 11.8 Å². The molecule has 0 spiro atoms. The van der Waals surface area contributed by atoms with E-state index in [1.165, 1.54) is 26.4 Å². The van der Waals surface area contributed by atoms with Gasteiger partial charge in [-0.2, -0.15) is 0 Å². The first-order valence-corrected chi connectivity index (χ1v) is 8.90. The van der Waals surface area contributed by atoms with Crippen LogP contribution >= 0.6 is 0 Å². The summed E-state index contributed by atoms with van der Waals surface area (Å²) in [6.45, 7) is 0.474. The molecule has 3 N–H and O–H groups in total. The van der Waals surface area contributed by atoms with Gasteiger partial charge in [-0.3, -0.25) is 5.41 Å². The number of esters is 1. The monoisotopic (exact) mass is 413 g/mol. The minimum atomic E-state index is -0.654. The summed E-state index contributed by atoms with van der Waals surface area (Å²) in [5.74, 6) is -1.01. The van der Waals surface area contributed by atoms with Crippen LogP contribution in [0.5, 0.6) is 5.75 Å². The molecule has 0 fully saturated rings. The van der Waals surface area contributed by atoms with E-state index in [9.17, 15) is 9.18 Å². The van der Waals surface area contributed by atoms with Crippen molar-refractivity contribution in [2.75, 3.05) is 33.2 Å². The first-order valence-electron chi connectivity index (χ1n) is 8.90. The van der Waals surface area contributed by atoms with E-state index in [1.807, 2.05) is 0 Å². The summed E-state index contributed by atoms with van der Waals surface area (Å²) in [5, 5.41) is 12.3. The van der Waals surface area contributed by atoms with Gasteiger partial charge in [0.1, 0.15) is 18.0 Å². The Hall–Kier alpha value is -3.72. The number of anilines is 1. The number of rotatable bonds is 8. The van der Waals surface area contributed by atoms with Crippen LogP contribution in [0.4, 0.5) is 10.1 Å². The zero-order valence-corrected chi connectivity index (χ0v) is 16.4. The second kappa shape index (κ2) is 9.19. The molecular formula is C21H20FN3O5. The van der Waals surface area contributed by atoms with E-state index >= 15 is 0 Å². The van der Waals surface area contributed by atoms with Gasteiger partial charge in [-0.05, 0) is 18.2 Å². The minimum Gasteiger partial charge on any atom is -0.488 e. The molecule has 2 aromatic carbocycles. The summed E-state index contributed by atoms with van der Waals surface area (Å²) >= 11 is 0. The molecule has 9 heteroatoms. The average molecular weight is 413 g/mol. The lowest BCUT2D eigenvalue weighted by atomic mass is 10.0. The maximum atomic E-state index is 14.3. The van der Waals surface area contributed by atoms with Gasteiger partial charge in [0.15, 0.2) is 17.3 Å². The van der Waals surface area contributed by atoms with Crippen LogP contribution in [-0.4, -0.2) is 44.3 Å². The number of aromatic nitrogens is 1. The highest BCUT2D eigenvalue weighted by atomic mass is 19.1. The Balaban J connectivity index is 1.81. The van der Waals surface area contributed by atoms with E-state index in [4.69, 9.17) is 25.1 Å². The van der Waals surface area contributed by atoms with Gasteiger partial charge in [-0.25, -0.2) is 9.18 Å². The molecule has 156 valence electrons. The van der Waals surface area contributed by atoms with Gasteiger partial charge in [0, 0.05) is 36.1 Å². The first-order chi connectivity index (χ1) is 14.4. The number of methoxy groups -OCH3 is 2. The van der Waals surface area contributed by atoms with Crippen molar-refractivity contribution in [3.8, 4) is 17.0 Å². The van der Waals surface area contributed by atoms with Crippen molar-refractivity contribution < 1.29 is 27.9 Å². The van der Waals surface area contributed by atoms with Gasteiger partial charge in [-0.15, -0.1) is 0 Å². The zero-order valence-electron chi connectivity index (χ0n) is 16.4. The number of ether oxygens (including phenoxy) is 3. The highest BCUT2D eigenvalue weighted by molar-refractivity contribution is 6.12. The predicted octanol–water partition coefficient (Wildman–Crippen LogP) is 3.29. The first kappa shape index (κ1) is 21.0. The second-order valence-electron chi connectivity index (χ2n) is 6.23. The fraction of sp³-hybridized carbons (Fsp3) is 0.190. The van der Waals surface area contributed by atoms with Crippen LogP contribution in [0.25, 0.3) is 11.3 Å². The number of halogens is 1. The molecule has 0 saturated heterocycles. The highest BCUT2D eigenvalue weighted by Gasteiger charge is 2.18. The number of carbonyl (C=O) groups is 1. The fourth-order valence-corrected chi connectivity index (χ4v) is 2.69. The molecule has 0 unspecified atom stereocenters. The maximum absolute atomic E-state index is 14.3. The van der Waals surface area contributed by atoms with E-state index in [0.29, 0.717) is 23.4 Å². The van der Waals surface area contributed by atoms with Crippen molar-refractivity contribution in [3.63, 3.8) is 0 Å². The quantitative estimate of drug-likeness (QED) is 0.252. The molecule has 0 saturated carbocycles. The lowest BCUT2D eigenvalue weighted by Gasteiger charge is -2.11. The summed E-state index contributed by atoms with van der Waals surface area (Å²) in [5.41, 5.74) is 7.69. The Morgan fingerprint density at radius 2 is 1.90 bits per heavy atom. The zero-order chi connectivity index (χ0) is 21.7. The second-order valence-corrected chi connectivity index (χ2v) is 6.23. The van der Waals surface area contributed by atoms with Crippen molar-refractivity contribution >= 4 is 17.4 Å². The normalized spacial score (nSPS) is 10.6. The highest BCUT2D eigenvalue weighted by Crippen LogP contribution is 2.28. The fourth-order valence-electron chi connectivity index (χ4n) is 2.69. The number of carbonyl (C=O) groups excluding carboxylic acids is 1. The van der Waals surface area contributed by atoms with Crippen LogP contribution in [0.1, 0.15) is 21.7 Å². The summed E-state index contributed by atoms with van der Waals surface area (Å²) in [4.78, 5) is 11.5. The van der Waals surface area contributed by atoms with Crippen LogP contribution in [0.15, 0.2) is 47.0 Å². The number of nitrogens with zero attached hydrogens (tertiary/aromatic N) is 1. The maximum Gasteiger partial charge on any atom is 0.337 e. The smallest absolute Gasteiger partial charge is 0.337 e. The third-order valence-electron chi connectivity index (χ3n) is 4.28. The van der Waals surface area contributed by atoms with Crippen LogP contribution in [0.2, 0.25) is 0 Å². The SMILES string of the molecule is COCCOc1cc(N)c(C(=N)c2cc(-c3ccc(C(=O)OC)cc3)no2)cc1F. The number of hydrogen-bond donors (Lipinski definition) is 2. The summed E-state index contributed by atoms with van der Waals surface area (Å²) < 4.78 is 34.4. The van der Waals surface area contributed by atoms with Gasteiger partial charge < -0.3 is 24.5 Å². The molecule has 3 rings (SSSR count). The van der Waals surface area contributed by atoms with Crippen molar-refractivity contribution in [1.29, 1.82) is 5.41 Å². The third kappa shape index (κ3) is 4.47. The number of nitrogen functional groups attached to an aromatic ring is 1. The molecule has 0 radical (unpaired) electrons. The van der Waals surface area contributed by atoms with Crippen LogP contribution in [-0.2, 0) is 9.47 Å². The average Bonchev–Trinajstić information content (AvgIpc) is 3.25. The van der Waals surface area contributed by atoms with Crippen molar-refractivity contribution in [2.45, 2.75) is 0 Å². The molecule has 0 aliphatic heterocycles. The molecule has 30 heavy (non-hydrogen) atoms. The molecule has 3 aromatic rings. The van der Waals surface area contributed by atoms with Gasteiger partial charge in [0.2, 0.25) is 0 Å². The van der Waals surface area contributed by atoms with E-state index in [1.54, 1.807) is 24.3 Å². The third-order valence-corrected chi connectivity index (χ3v) is 4.28. The predicted molar refractivity (Wildman–Crippen MR) is 107 cm³/mol. The topological polar surface area (TPSA) is 121 Å². The molecule has 0 bridgehead atoms. The van der Waals surface area contributed by atoms with E-state index in [2.05, 4.69) is 9.89 Å². The Labute approximate surface area is 171 Å². The summed E-state index contributed by atoms with van der Waals surface area (Å²) in [6.07, 6.45) is 0. The Kier molecular flexibility index (Phi) is 6.43. The molecule has 8 nitrogen and oxygen atoms in total. The molecule has 0 amide bonds. The van der Waals surface area contributed by atoms with E-state index in [0.717, 1.165) is 6.07 Å². The molecule has 0 aliphatic rings. The number of nitrogens with one attached hydrogen (secondary N) is 1. The number of hydrogen-bond acceptors (Lipinski definition) is 8. The number of benzene rings is 2. The Morgan fingerprint density at radius 1 is 1.17 bits per heavy atom. The minimum absolute atomic E-state index is 0.0231. The molecule has 1 aromatic heterocycles. The van der Waals surface area contributed by atoms with Crippen LogP contribution < -0.4 is 10.5 Å². The Morgan fingerprint density at radius 3 is 2.57 bits per heavy atom. The summed E-state index contributed by atoms with van der Waals surface area (Å²) in [7, 11) is 2.82. The van der Waals surface area contributed by atoms with Crippen molar-refractivity contribution in [1.82, 2.24) is 5.16 Å². The number of nitrogens with two attached hydrogens (primary N) is 1. The lowest BCUT2D eigenvalue weighted by molar-refractivity contribution is 0.0600. The molecular weight excluding hydrogens is 393 g/mol. The lowest BCUT2D eigenvalue weighted by Crippen LogP contribution is -2.09. The van der Waals surface area contributed by atoms with Gasteiger partial charge in [0.25, 0.3) is 0 Å². The van der Waals surface area contributed by atoms with Crippen molar-refractivity contribution in [3.05, 3.63) is 65.2 Å². The largest absolute Gasteiger partial charge is 0.488 e. The Bertz CT molecular complexity index is 1060. The molecule has 1 heterocycles. The van der Waals surface area contributed by atoms with Crippen LogP contribution in [0, 0.1) is 11.2 Å². The van der Waals surface area contributed by atoms with Gasteiger partial charge >= 0.3 is 5.97 Å². The molecule has 0 aliphatic carbocycles. The molecule has 0 atom stereocenters. The standard InChI is InChI=1S/C21H20FN3O5/c1-27-7-8-29-18-10-16(23)14(9-15(18)22)20(24)19-11-17(25-30-19)12-3-5-13(6-4-12)21(26)28-2/h3-6,9-11,24H,7-8,23H2,1-2H3. The van der Waals surface area contributed by atoms with Gasteiger partial charge in [-0.1, -0.05) is 17.3 Å². The van der Waals surface area contributed by atoms with Crippen molar-refractivity contribution in [2.24, 2.45) is 0 Å². The van der Waals surface area contributed by atoms with Crippen LogP contribution in [0.3, 0.4) is 0 Å². The van der Waals surface area contributed by atoms with Gasteiger partial charge in [0.05, 0.1) is 19.3 Å². The summed E-state index contributed by atoms with van der Waals surface area (Å²) in [6, 6.07) is 10.5. The van der Waals surface area contributed by atoms with E-state index in [-0.39, 0.29) is 35.1 Å².